The van der Waals surface area contributed by atoms with Crippen molar-refractivity contribution < 1.29 is 22.7 Å². The van der Waals surface area contributed by atoms with Gasteiger partial charge in [-0.1, -0.05) is 48.0 Å². The lowest BCUT2D eigenvalue weighted by atomic mass is 10.1. The number of halogens is 1. The maximum Gasteiger partial charge on any atom is 0.264 e. The number of carbonyl (C=O) groups is 1. The molecule has 0 aliphatic heterocycles. The first-order valence-corrected chi connectivity index (χ1v) is 14.4. The summed E-state index contributed by atoms with van der Waals surface area (Å²) < 4.78 is 39.6. The molecular weight excluding hydrogens is 548 g/mol. The van der Waals surface area contributed by atoms with Crippen LogP contribution in [0.4, 0.5) is 5.69 Å². The minimum absolute atomic E-state index is 0.0533. The van der Waals surface area contributed by atoms with Gasteiger partial charge in [0, 0.05) is 16.1 Å². The Morgan fingerprint density at radius 3 is 2.27 bits per heavy atom. The number of rotatable bonds is 10. The summed E-state index contributed by atoms with van der Waals surface area (Å²) in [4.78, 5) is 13.2. The third-order valence-electron chi connectivity index (χ3n) is 6.56. The van der Waals surface area contributed by atoms with Gasteiger partial charge in [-0.25, -0.2) is 8.42 Å². The fourth-order valence-electron chi connectivity index (χ4n) is 4.33. The molecule has 0 heterocycles. The molecule has 0 saturated heterocycles. The molecule has 0 spiro atoms. The first-order chi connectivity index (χ1) is 19.1. The number of anilines is 1. The summed E-state index contributed by atoms with van der Waals surface area (Å²) in [6.07, 6.45) is 0. The van der Waals surface area contributed by atoms with Gasteiger partial charge in [-0.05, 0) is 79.6 Å². The van der Waals surface area contributed by atoms with E-state index in [1.54, 1.807) is 99.1 Å². The number of sulfonamides is 1. The maximum atomic E-state index is 13.7. The molecule has 0 saturated carbocycles. The average Bonchev–Trinajstić information content (AvgIpc) is 2.97. The first-order valence-electron chi connectivity index (χ1n) is 12.6. The third kappa shape index (κ3) is 6.41. The normalized spacial score (nSPS) is 11.9. The second kappa shape index (κ2) is 12.4. The molecule has 7 nitrogen and oxygen atoms in total. The van der Waals surface area contributed by atoms with Crippen LogP contribution < -0.4 is 19.1 Å². The van der Waals surface area contributed by atoms with Crippen LogP contribution in [0.15, 0.2) is 95.9 Å². The van der Waals surface area contributed by atoms with Crippen molar-refractivity contribution in [1.82, 2.24) is 5.32 Å². The van der Waals surface area contributed by atoms with Crippen molar-refractivity contribution >= 4 is 33.2 Å². The highest BCUT2D eigenvalue weighted by Crippen LogP contribution is 2.32. The monoisotopic (exact) mass is 578 g/mol. The van der Waals surface area contributed by atoms with E-state index in [-0.39, 0.29) is 23.4 Å². The minimum atomic E-state index is -3.90. The van der Waals surface area contributed by atoms with Gasteiger partial charge in [-0.15, -0.1) is 0 Å². The summed E-state index contributed by atoms with van der Waals surface area (Å²) in [6, 6.07) is 25.3. The predicted molar refractivity (Wildman–Crippen MR) is 158 cm³/mol. The molecule has 0 radical (unpaired) electrons. The molecule has 4 aromatic rings. The number of hydrogen-bond donors (Lipinski definition) is 1. The summed E-state index contributed by atoms with van der Waals surface area (Å²) in [5.74, 6) is 1.02. The molecular formula is C31H31ClN2O5S. The van der Waals surface area contributed by atoms with Crippen LogP contribution in [0.5, 0.6) is 11.5 Å². The number of nitrogens with zero attached hydrogens (tertiary/aromatic N) is 1. The van der Waals surface area contributed by atoms with Crippen LogP contribution in [0.3, 0.4) is 0 Å². The Bertz CT molecular complexity index is 1590. The second-order valence-electron chi connectivity index (χ2n) is 9.26. The van der Waals surface area contributed by atoms with E-state index >= 15 is 0 Å². The number of benzene rings is 4. The quantitative estimate of drug-likeness (QED) is 0.231. The van der Waals surface area contributed by atoms with E-state index in [1.165, 1.54) is 4.31 Å². The molecule has 1 atom stereocenters. The third-order valence-corrected chi connectivity index (χ3v) is 8.57. The van der Waals surface area contributed by atoms with Gasteiger partial charge in [0.15, 0.2) is 0 Å². The molecule has 0 fully saturated rings. The molecule has 9 heteroatoms. The molecule has 208 valence electrons. The summed E-state index contributed by atoms with van der Waals surface area (Å²) in [5.41, 5.74) is 3.18. The van der Waals surface area contributed by atoms with Gasteiger partial charge in [-0.2, -0.15) is 0 Å². The van der Waals surface area contributed by atoms with Gasteiger partial charge < -0.3 is 14.8 Å². The van der Waals surface area contributed by atoms with Crippen LogP contribution in [-0.2, 0) is 16.6 Å². The fraction of sp³-hybridized carbons (Fsp3) is 0.194. The Morgan fingerprint density at radius 1 is 0.925 bits per heavy atom. The van der Waals surface area contributed by atoms with E-state index in [9.17, 15) is 13.2 Å². The standard InChI is InChI=1S/C31H31ClN2O5S/c1-21-10-15-25(32)18-29(21)34(40(36,37)27-8-6-5-7-9-27)20-23-11-13-24(14-12-23)31(35)33-22(2)28-19-26(38-3)16-17-30(28)39-4/h5-19,22H,20H2,1-4H3,(H,33,35)/t22-/m0/s1. The topological polar surface area (TPSA) is 84.9 Å². The van der Waals surface area contributed by atoms with Crippen LogP contribution in [0, 0.1) is 6.92 Å². The smallest absolute Gasteiger partial charge is 0.264 e. The average molecular weight is 579 g/mol. The number of hydrogen-bond acceptors (Lipinski definition) is 5. The van der Waals surface area contributed by atoms with Crippen LogP contribution in [0.1, 0.15) is 40.0 Å². The number of ether oxygens (including phenoxy) is 2. The molecule has 0 bridgehead atoms. The first kappa shape index (κ1) is 29.0. The molecule has 4 rings (SSSR count). The lowest BCUT2D eigenvalue weighted by Crippen LogP contribution is -2.31. The fourth-order valence-corrected chi connectivity index (χ4v) is 6.03. The number of carbonyl (C=O) groups excluding carboxylic acids is 1. The van der Waals surface area contributed by atoms with Gasteiger partial charge in [-0.3, -0.25) is 9.10 Å². The maximum absolute atomic E-state index is 13.7. The number of aryl methyl sites for hydroxylation is 1. The van der Waals surface area contributed by atoms with E-state index in [1.807, 2.05) is 19.9 Å². The molecule has 4 aromatic carbocycles. The largest absolute Gasteiger partial charge is 0.497 e. The van der Waals surface area contributed by atoms with Crippen molar-refractivity contribution in [2.75, 3.05) is 18.5 Å². The lowest BCUT2D eigenvalue weighted by molar-refractivity contribution is 0.0939. The summed E-state index contributed by atoms with van der Waals surface area (Å²) >= 11 is 6.26. The van der Waals surface area contributed by atoms with Crippen LogP contribution in [-0.4, -0.2) is 28.5 Å². The van der Waals surface area contributed by atoms with Gasteiger partial charge in [0.1, 0.15) is 11.5 Å². The van der Waals surface area contributed by atoms with E-state index in [0.717, 1.165) is 11.1 Å². The van der Waals surface area contributed by atoms with Crippen molar-refractivity contribution in [2.24, 2.45) is 0 Å². The van der Waals surface area contributed by atoms with Crippen LogP contribution >= 0.6 is 11.6 Å². The highest BCUT2D eigenvalue weighted by atomic mass is 35.5. The van der Waals surface area contributed by atoms with Crippen molar-refractivity contribution in [3.8, 4) is 11.5 Å². The van der Waals surface area contributed by atoms with Gasteiger partial charge >= 0.3 is 0 Å². The van der Waals surface area contributed by atoms with E-state index in [4.69, 9.17) is 21.1 Å². The Kier molecular flexibility index (Phi) is 9.02. The Hall–Kier alpha value is -4.01. The van der Waals surface area contributed by atoms with E-state index in [2.05, 4.69) is 5.32 Å². The predicted octanol–water partition coefficient (Wildman–Crippen LogP) is 6.55. The number of amides is 1. The molecule has 0 aliphatic carbocycles. The molecule has 40 heavy (non-hydrogen) atoms. The zero-order valence-electron chi connectivity index (χ0n) is 22.7. The zero-order chi connectivity index (χ0) is 28.9. The second-order valence-corrected chi connectivity index (χ2v) is 11.6. The van der Waals surface area contributed by atoms with Crippen LogP contribution in [0.2, 0.25) is 5.02 Å². The van der Waals surface area contributed by atoms with Crippen LogP contribution in [0.25, 0.3) is 0 Å². The zero-order valence-corrected chi connectivity index (χ0v) is 24.3. The molecule has 0 unspecified atom stereocenters. The lowest BCUT2D eigenvalue weighted by Gasteiger charge is -2.26. The van der Waals surface area contributed by atoms with E-state index in [0.29, 0.717) is 33.3 Å². The summed E-state index contributed by atoms with van der Waals surface area (Å²) in [5, 5.41) is 3.42. The Morgan fingerprint density at radius 2 is 1.62 bits per heavy atom. The Balaban J connectivity index is 1.58. The van der Waals surface area contributed by atoms with Crippen molar-refractivity contribution in [3.05, 3.63) is 118 Å². The van der Waals surface area contributed by atoms with Gasteiger partial charge in [0.2, 0.25) is 0 Å². The Labute approximate surface area is 240 Å². The highest BCUT2D eigenvalue weighted by Gasteiger charge is 2.27. The highest BCUT2D eigenvalue weighted by molar-refractivity contribution is 7.92. The summed E-state index contributed by atoms with van der Waals surface area (Å²) in [7, 11) is -0.750. The number of nitrogens with one attached hydrogen (secondary N) is 1. The van der Waals surface area contributed by atoms with Crippen molar-refractivity contribution in [3.63, 3.8) is 0 Å². The van der Waals surface area contributed by atoms with E-state index < -0.39 is 10.0 Å². The van der Waals surface area contributed by atoms with Crippen molar-refractivity contribution in [1.29, 1.82) is 0 Å². The van der Waals surface area contributed by atoms with Gasteiger partial charge in [0.05, 0.1) is 37.4 Å². The van der Waals surface area contributed by atoms with Gasteiger partial charge in [0.25, 0.3) is 15.9 Å². The minimum Gasteiger partial charge on any atom is -0.497 e. The molecule has 1 N–H and O–H groups in total. The SMILES string of the molecule is COc1ccc(OC)c([C@H](C)NC(=O)c2ccc(CN(c3cc(Cl)ccc3C)S(=O)(=O)c3ccccc3)cc2)c1. The number of methoxy groups -OCH3 is 2. The van der Waals surface area contributed by atoms with Crippen molar-refractivity contribution in [2.45, 2.75) is 31.3 Å². The molecule has 1 amide bonds. The molecule has 0 aliphatic rings. The molecule has 0 aromatic heterocycles. The summed E-state index contributed by atoms with van der Waals surface area (Å²) in [6.45, 7) is 3.76.